The lowest BCUT2D eigenvalue weighted by Gasteiger charge is -2.18. The molecule has 0 heterocycles. The number of nitrogens with two attached hydrogens (primary N) is 1. The van der Waals surface area contributed by atoms with E-state index in [1.807, 2.05) is 54.6 Å². The van der Waals surface area contributed by atoms with Crippen molar-refractivity contribution in [2.24, 2.45) is 4.99 Å². The number of ketones is 1. The highest BCUT2D eigenvalue weighted by molar-refractivity contribution is 6.24. The Bertz CT molecular complexity index is 1090. The van der Waals surface area contributed by atoms with Crippen LogP contribution in [0.4, 0.5) is 11.4 Å². The van der Waals surface area contributed by atoms with Gasteiger partial charge in [-0.15, -0.1) is 0 Å². The monoisotopic (exact) mass is 370 g/mol. The molecule has 4 heteroatoms. The molecule has 0 saturated heterocycles. The van der Waals surface area contributed by atoms with Crippen molar-refractivity contribution in [1.29, 1.82) is 0 Å². The summed E-state index contributed by atoms with van der Waals surface area (Å²) < 4.78 is 0. The third kappa shape index (κ3) is 3.67. The Hall–Kier alpha value is -3.40. The number of carbonyl (C=O) groups is 1. The van der Waals surface area contributed by atoms with Crippen LogP contribution in [0.3, 0.4) is 0 Å². The Kier molecular flexibility index (Phi) is 4.94. The van der Waals surface area contributed by atoms with Crippen LogP contribution in [0.2, 0.25) is 0 Å². The molecular formula is C24H22N2O2. The Balaban J connectivity index is 1.74. The molecule has 0 atom stereocenters. The fourth-order valence-electron chi connectivity index (χ4n) is 3.69. The number of anilines is 1. The van der Waals surface area contributed by atoms with E-state index in [1.54, 1.807) is 12.1 Å². The van der Waals surface area contributed by atoms with E-state index >= 15 is 0 Å². The first-order valence-electron chi connectivity index (χ1n) is 9.47. The van der Waals surface area contributed by atoms with Gasteiger partial charge >= 0.3 is 0 Å². The van der Waals surface area contributed by atoms with Crippen LogP contribution in [0.15, 0.2) is 83.1 Å². The number of fused-ring (bicyclic) bond motifs is 1. The summed E-state index contributed by atoms with van der Waals surface area (Å²) in [6, 6.07) is 21.3. The number of carbonyl (C=O) groups excluding carboxylic acids is 1. The molecule has 140 valence electrons. The number of benzene rings is 3. The van der Waals surface area contributed by atoms with Crippen molar-refractivity contribution in [2.45, 2.75) is 25.7 Å². The number of nitrogen functional groups attached to an aromatic ring is 1. The molecule has 0 amide bonds. The van der Waals surface area contributed by atoms with Crippen molar-refractivity contribution in [3.8, 4) is 0 Å². The van der Waals surface area contributed by atoms with E-state index in [0.29, 0.717) is 36.2 Å². The van der Waals surface area contributed by atoms with Gasteiger partial charge in [0.25, 0.3) is 0 Å². The summed E-state index contributed by atoms with van der Waals surface area (Å²) in [6.45, 7) is 0. The van der Waals surface area contributed by atoms with Crippen LogP contribution >= 0.6 is 0 Å². The van der Waals surface area contributed by atoms with Crippen molar-refractivity contribution in [3.05, 3.63) is 83.6 Å². The molecule has 28 heavy (non-hydrogen) atoms. The molecule has 0 spiro atoms. The largest absolute Gasteiger partial charge is 0.511 e. The van der Waals surface area contributed by atoms with Crippen molar-refractivity contribution in [2.75, 3.05) is 5.73 Å². The quantitative estimate of drug-likeness (QED) is 0.373. The fourth-order valence-corrected chi connectivity index (χ4v) is 3.69. The molecule has 0 aliphatic heterocycles. The molecule has 0 radical (unpaired) electrons. The zero-order valence-electron chi connectivity index (χ0n) is 15.6. The molecule has 1 aliphatic carbocycles. The third-order valence-corrected chi connectivity index (χ3v) is 5.07. The molecule has 4 nitrogen and oxygen atoms in total. The van der Waals surface area contributed by atoms with Gasteiger partial charge in [-0.2, -0.15) is 0 Å². The van der Waals surface area contributed by atoms with Gasteiger partial charge in [-0.25, -0.2) is 0 Å². The topological polar surface area (TPSA) is 75.7 Å². The minimum atomic E-state index is -0.0434. The van der Waals surface area contributed by atoms with Gasteiger partial charge in [0.05, 0.1) is 17.0 Å². The highest BCUT2D eigenvalue weighted by Gasteiger charge is 2.25. The van der Waals surface area contributed by atoms with E-state index in [9.17, 15) is 9.90 Å². The number of Topliss-reactive ketones (excluding diaryl/α,β-unsaturated/α-hetero) is 1. The minimum Gasteiger partial charge on any atom is -0.511 e. The van der Waals surface area contributed by atoms with Crippen LogP contribution in [-0.2, 0) is 11.2 Å². The van der Waals surface area contributed by atoms with Crippen LogP contribution in [-0.4, -0.2) is 16.6 Å². The Morgan fingerprint density at radius 3 is 2.54 bits per heavy atom. The van der Waals surface area contributed by atoms with Crippen molar-refractivity contribution >= 4 is 33.6 Å². The molecule has 0 bridgehead atoms. The Morgan fingerprint density at radius 2 is 1.71 bits per heavy atom. The first kappa shape index (κ1) is 18.0. The highest BCUT2D eigenvalue weighted by Crippen LogP contribution is 2.27. The number of aliphatic hydroxyl groups excluding tert-OH is 1. The van der Waals surface area contributed by atoms with Gasteiger partial charge in [0.2, 0.25) is 0 Å². The van der Waals surface area contributed by atoms with Crippen LogP contribution in [0.1, 0.15) is 24.8 Å². The van der Waals surface area contributed by atoms with Crippen LogP contribution in [0, 0.1) is 0 Å². The van der Waals surface area contributed by atoms with Gasteiger partial charge in [0, 0.05) is 18.5 Å². The van der Waals surface area contributed by atoms with Gasteiger partial charge in [-0.1, -0.05) is 42.5 Å². The lowest BCUT2D eigenvalue weighted by atomic mass is 9.88. The van der Waals surface area contributed by atoms with Crippen LogP contribution < -0.4 is 5.73 Å². The zero-order chi connectivity index (χ0) is 19.5. The van der Waals surface area contributed by atoms with Gasteiger partial charge in [-0.05, 0) is 53.4 Å². The van der Waals surface area contributed by atoms with Gasteiger partial charge in [-0.3, -0.25) is 9.79 Å². The summed E-state index contributed by atoms with van der Waals surface area (Å²) >= 11 is 0. The van der Waals surface area contributed by atoms with Crippen LogP contribution in [0.5, 0.6) is 0 Å². The van der Waals surface area contributed by atoms with E-state index in [1.165, 1.54) is 0 Å². The standard InChI is InChI=1S/C24H22N2O2/c25-18-11-13-19(14-12-18)26-21-9-4-10-22(27)24(21)23(28)15-17-7-3-6-16-5-1-2-8-20(16)17/h1-3,5-8,11-14,28H,4,9-10,15,25H2. The van der Waals surface area contributed by atoms with E-state index in [0.717, 1.165) is 28.4 Å². The van der Waals surface area contributed by atoms with Crippen molar-refractivity contribution in [1.82, 2.24) is 0 Å². The number of hydrogen-bond donors (Lipinski definition) is 2. The molecule has 3 aromatic carbocycles. The molecule has 1 aliphatic rings. The lowest BCUT2D eigenvalue weighted by Crippen LogP contribution is -2.21. The van der Waals surface area contributed by atoms with E-state index in [2.05, 4.69) is 4.99 Å². The predicted octanol–water partition coefficient (Wildman–Crippen LogP) is 5.30. The fraction of sp³-hybridized carbons (Fsp3) is 0.167. The lowest BCUT2D eigenvalue weighted by molar-refractivity contribution is -0.115. The molecule has 0 unspecified atom stereocenters. The average molecular weight is 370 g/mol. The number of nitrogens with zero attached hydrogens (tertiary/aromatic N) is 1. The first-order valence-corrected chi connectivity index (χ1v) is 9.47. The number of rotatable bonds is 3. The summed E-state index contributed by atoms with van der Waals surface area (Å²) in [7, 11) is 0. The van der Waals surface area contributed by atoms with Crippen LogP contribution in [0.25, 0.3) is 10.8 Å². The van der Waals surface area contributed by atoms with Crippen molar-refractivity contribution in [3.63, 3.8) is 0 Å². The smallest absolute Gasteiger partial charge is 0.168 e. The van der Waals surface area contributed by atoms with E-state index < -0.39 is 0 Å². The van der Waals surface area contributed by atoms with Gasteiger partial charge < -0.3 is 10.8 Å². The third-order valence-electron chi connectivity index (χ3n) is 5.07. The molecule has 3 aromatic rings. The second-order valence-electron chi connectivity index (χ2n) is 7.06. The van der Waals surface area contributed by atoms with Crippen molar-refractivity contribution < 1.29 is 9.90 Å². The summed E-state index contributed by atoms with van der Waals surface area (Å²) in [6.07, 6.45) is 2.17. The van der Waals surface area contributed by atoms with E-state index in [4.69, 9.17) is 5.73 Å². The number of hydrogen-bond acceptors (Lipinski definition) is 4. The Labute approximate surface area is 164 Å². The minimum absolute atomic E-state index is 0.0434. The highest BCUT2D eigenvalue weighted by atomic mass is 16.3. The second kappa shape index (κ2) is 7.69. The predicted molar refractivity (Wildman–Crippen MR) is 114 cm³/mol. The summed E-state index contributed by atoms with van der Waals surface area (Å²) in [5.74, 6) is 0.0495. The first-order chi connectivity index (χ1) is 13.6. The molecule has 3 N–H and O–H groups in total. The van der Waals surface area contributed by atoms with Gasteiger partial charge in [0.15, 0.2) is 5.78 Å². The molecule has 1 saturated carbocycles. The summed E-state index contributed by atoms with van der Waals surface area (Å²) in [5.41, 5.74) is 9.15. The SMILES string of the molecule is Nc1ccc(N=C2CCCC(=O)C2=C(O)Cc2cccc3ccccc23)cc1. The maximum atomic E-state index is 12.6. The molecule has 1 fully saturated rings. The maximum absolute atomic E-state index is 12.6. The van der Waals surface area contributed by atoms with E-state index in [-0.39, 0.29) is 11.5 Å². The van der Waals surface area contributed by atoms with Gasteiger partial charge in [0.1, 0.15) is 5.76 Å². The molecule has 0 aromatic heterocycles. The number of aliphatic hydroxyl groups is 1. The maximum Gasteiger partial charge on any atom is 0.168 e. The number of aliphatic imine (C=N–C) groups is 1. The average Bonchev–Trinajstić information content (AvgIpc) is 2.70. The molecular weight excluding hydrogens is 348 g/mol. The second-order valence-corrected chi connectivity index (χ2v) is 7.06. The zero-order valence-corrected chi connectivity index (χ0v) is 15.6. The summed E-state index contributed by atoms with van der Waals surface area (Å²) in [5, 5.41) is 13.1. The number of allylic oxidation sites excluding steroid dienone is 2. The summed E-state index contributed by atoms with van der Waals surface area (Å²) in [4.78, 5) is 17.3. The molecule has 4 rings (SSSR count). The Morgan fingerprint density at radius 1 is 0.964 bits per heavy atom. The normalized spacial score (nSPS) is 17.9.